The van der Waals surface area contributed by atoms with Gasteiger partial charge in [0, 0.05) is 38.2 Å². The fourth-order valence-corrected chi connectivity index (χ4v) is 2.67. The predicted octanol–water partition coefficient (Wildman–Crippen LogP) is 2.33. The van der Waals surface area contributed by atoms with Gasteiger partial charge in [-0.3, -0.25) is 0 Å². The van der Waals surface area contributed by atoms with E-state index in [-0.39, 0.29) is 36.7 Å². The molecule has 2 aromatic rings. The summed E-state index contributed by atoms with van der Waals surface area (Å²) in [4.78, 5) is 12.4. The van der Waals surface area contributed by atoms with Crippen molar-refractivity contribution in [3.05, 3.63) is 29.9 Å². The van der Waals surface area contributed by atoms with Crippen LogP contribution in [0, 0.1) is 12.7 Å². The number of nitrogens with zero attached hydrogens (tertiary/aromatic N) is 3. The van der Waals surface area contributed by atoms with Crippen molar-refractivity contribution >= 4 is 18.5 Å². The third kappa shape index (κ3) is 4.83. The molecule has 8 nitrogen and oxygen atoms in total. The number of amides is 1. The van der Waals surface area contributed by atoms with E-state index in [1.54, 1.807) is 13.0 Å². The number of aryl methyl sites for hydroxylation is 1. The largest absolute Gasteiger partial charge is 0.490 e. The Bertz CT molecular complexity index is 758. The number of aromatic nitrogens is 2. The van der Waals surface area contributed by atoms with Gasteiger partial charge in [0.25, 0.3) is 0 Å². The molecule has 0 aliphatic carbocycles. The molecule has 1 saturated heterocycles. The summed E-state index contributed by atoms with van der Waals surface area (Å²) in [6.07, 6.45) is -0.348. The third-order valence-corrected chi connectivity index (χ3v) is 3.95. The Balaban J connectivity index is 0.00000243. The minimum Gasteiger partial charge on any atom is -0.490 e. The van der Waals surface area contributed by atoms with Gasteiger partial charge in [-0.2, -0.15) is 0 Å². The summed E-state index contributed by atoms with van der Waals surface area (Å²) in [5.41, 5.74) is 0.483. The van der Waals surface area contributed by atoms with Gasteiger partial charge in [-0.1, -0.05) is 0 Å². The average molecular weight is 387 g/mol. The molecule has 1 aliphatic rings. The number of hydrogen-bond donors (Lipinski definition) is 2. The maximum absolute atomic E-state index is 14.2. The summed E-state index contributed by atoms with van der Waals surface area (Å²) in [5.74, 6) is 0.275. The van der Waals surface area contributed by atoms with Crippen molar-refractivity contribution in [1.29, 1.82) is 0 Å². The van der Waals surface area contributed by atoms with Gasteiger partial charge in [-0.05, 0) is 24.6 Å². The number of rotatable bonds is 5. The smallest absolute Gasteiger partial charge is 0.407 e. The zero-order chi connectivity index (χ0) is 17.8. The average Bonchev–Trinajstić information content (AvgIpc) is 3.03. The van der Waals surface area contributed by atoms with Crippen LogP contribution >= 0.6 is 12.4 Å². The highest BCUT2D eigenvalue weighted by molar-refractivity contribution is 5.85. The maximum atomic E-state index is 14.2. The lowest BCUT2D eigenvalue weighted by Gasteiger charge is -2.31. The first-order chi connectivity index (χ1) is 12.0. The van der Waals surface area contributed by atoms with Crippen molar-refractivity contribution in [3.8, 4) is 17.2 Å². The van der Waals surface area contributed by atoms with Gasteiger partial charge in [0.1, 0.15) is 0 Å². The van der Waals surface area contributed by atoms with Gasteiger partial charge in [-0.15, -0.1) is 22.6 Å². The minimum atomic E-state index is -0.926. The number of halogens is 2. The van der Waals surface area contributed by atoms with Crippen LogP contribution in [0.3, 0.4) is 0 Å². The van der Waals surface area contributed by atoms with Crippen LogP contribution in [0.15, 0.2) is 22.6 Å². The molecule has 1 amide bonds. The fourth-order valence-electron chi connectivity index (χ4n) is 2.67. The molecule has 10 heteroatoms. The predicted molar refractivity (Wildman–Crippen MR) is 93.2 cm³/mol. The molecule has 2 heterocycles. The van der Waals surface area contributed by atoms with E-state index in [1.807, 2.05) is 0 Å². The molecule has 0 unspecified atom stereocenters. The molecule has 1 aliphatic heterocycles. The van der Waals surface area contributed by atoms with Crippen molar-refractivity contribution in [3.63, 3.8) is 0 Å². The zero-order valence-electron chi connectivity index (χ0n) is 14.1. The molecule has 1 fully saturated rings. The molecule has 0 spiro atoms. The van der Waals surface area contributed by atoms with Crippen molar-refractivity contribution in [2.75, 3.05) is 26.2 Å². The van der Waals surface area contributed by atoms with Gasteiger partial charge in [0.15, 0.2) is 11.6 Å². The first-order valence-corrected chi connectivity index (χ1v) is 7.97. The van der Waals surface area contributed by atoms with Crippen LogP contribution in [0.4, 0.5) is 9.18 Å². The van der Waals surface area contributed by atoms with E-state index in [9.17, 15) is 9.18 Å². The Morgan fingerprint density at radius 1 is 1.50 bits per heavy atom. The molecule has 142 valence electrons. The highest BCUT2D eigenvalue weighted by Crippen LogP contribution is 2.25. The Kier molecular flexibility index (Phi) is 6.76. The maximum Gasteiger partial charge on any atom is 0.407 e. The van der Waals surface area contributed by atoms with E-state index in [1.165, 1.54) is 17.0 Å². The third-order valence-electron chi connectivity index (χ3n) is 3.95. The monoisotopic (exact) mass is 386 g/mol. The summed E-state index contributed by atoms with van der Waals surface area (Å²) in [6, 6.07) is 4.44. The number of carbonyl (C=O) groups is 1. The van der Waals surface area contributed by atoms with E-state index in [0.717, 1.165) is 0 Å². The highest BCUT2D eigenvalue weighted by atomic mass is 35.5. The molecule has 3 rings (SSSR count). The van der Waals surface area contributed by atoms with E-state index >= 15 is 0 Å². The number of piperazine rings is 1. The SMILES string of the molecule is Cc1nnc(-c2ccc(OCC[C@@H]3CN(C(=O)O)CCN3)c(F)c2)o1.Cl. The van der Waals surface area contributed by atoms with Crippen LogP contribution in [0.1, 0.15) is 12.3 Å². The Morgan fingerprint density at radius 3 is 2.96 bits per heavy atom. The number of nitrogens with one attached hydrogen (secondary N) is 1. The lowest BCUT2D eigenvalue weighted by molar-refractivity contribution is 0.124. The summed E-state index contributed by atoms with van der Waals surface area (Å²) in [5, 5.41) is 19.8. The van der Waals surface area contributed by atoms with Gasteiger partial charge in [0.2, 0.25) is 11.8 Å². The quantitative estimate of drug-likeness (QED) is 0.813. The van der Waals surface area contributed by atoms with Crippen molar-refractivity contribution in [2.24, 2.45) is 0 Å². The summed E-state index contributed by atoms with van der Waals surface area (Å²) >= 11 is 0. The second kappa shape index (κ2) is 8.81. The molecule has 2 N–H and O–H groups in total. The number of carboxylic acid groups (broad SMARTS) is 1. The number of benzene rings is 1. The lowest BCUT2D eigenvalue weighted by Crippen LogP contribution is -2.52. The highest BCUT2D eigenvalue weighted by Gasteiger charge is 2.22. The molecule has 0 radical (unpaired) electrons. The van der Waals surface area contributed by atoms with Gasteiger partial charge in [0.05, 0.1) is 6.61 Å². The van der Waals surface area contributed by atoms with E-state index in [2.05, 4.69) is 15.5 Å². The van der Waals surface area contributed by atoms with Crippen LogP contribution in [0.5, 0.6) is 5.75 Å². The molecule has 0 saturated carbocycles. The van der Waals surface area contributed by atoms with Crippen LogP contribution in [0.2, 0.25) is 0 Å². The summed E-state index contributed by atoms with van der Waals surface area (Å²) < 4.78 is 24.9. The van der Waals surface area contributed by atoms with Crippen LogP contribution in [-0.2, 0) is 0 Å². The molecular formula is C16H20ClFN4O4. The number of hydrogen-bond acceptors (Lipinski definition) is 6. The molecule has 0 bridgehead atoms. The first-order valence-electron chi connectivity index (χ1n) is 7.97. The lowest BCUT2D eigenvalue weighted by atomic mass is 10.1. The number of ether oxygens (including phenoxy) is 1. The Morgan fingerprint density at radius 2 is 2.31 bits per heavy atom. The van der Waals surface area contributed by atoms with E-state index in [4.69, 9.17) is 14.3 Å². The van der Waals surface area contributed by atoms with Crippen molar-refractivity contribution < 1.29 is 23.4 Å². The van der Waals surface area contributed by atoms with Crippen molar-refractivity contribution in [1.82, 2.24) is 20.4 Å². The van der Waals surface area contributed by atoms with Crippen LogP contribution in [-0.4, -0.2) is 58.6 Å². The van der Waals surface area contributed by atoms with Gasteiger partial charge in [-0.25, -0.2) is 9.18 Å². The van der Waals surface area contributed by atoms with Gasteiger partial charge < -0.3 is 24.5 Å². The summed E-state index contributed by atoms with van der Waals surface area (Å²) in [7, 11) is 0. The molecule has 26 heavy (non-hydrogen) atoms. The standard InChI is InChI=1S/C16H19FN4O4.ClH/c1-10-19-20-15(25-10)11-2-3-14(13(17)8-11)24-7-4-12-9-21(16(22)23)6-5-18-12;/h2-3,8,12,18H,4-7,9H2,1H3,(H,22,23);1H/t12-;/m1./s1. The Labute approximate surface area is 155 Å². The van der Waals surface area contributed by atoms with E-state index in [0.29, 0.717) is 37.5 Å². The first kappa shape index (κ1) is 19.9. The molecule has 1 aromatic heterocycles. The fraction of sp³-hybridized carbons (Fsp3) is 0.438. The van der Waals surface area contributed by atoms with Crippen LogP contribution < -0.4 is 10.1 Å². The summed E-state index contributed by atoms with van der Waals surface area (Å²) in [6.45, 7) is 3.41. The second-order valence-electron chi connectivity index (χ2n) is 5.79. The minimum absolute atomic E-state index is 0. The van der Waals surface area contributed by atoms with Crippen molar-refractivity contribution in [2.45, 2.75) is 19.4 Å². The molecule has 1 atom stereocenters. The van der Waals surface area contributed by atoms with Crippen LogP contribution in [0.25, 0.3) is 11.5 Å². The normalized spacial score (nSPS) is 16.8. The topological polar surface area (TPSA) is 101 Å². The molecule has 1 aromatic carbocycles. The van der Waals surface area contributed by atoms with E-state index < -0.39 is 11.9 Å². The Hall–Kier alpha value is -2.39. The second-order valence-corrected chi connectivity index (χ2v) is 5.79. The zero-order valence-corrected chi connectivity index (χ0v) is 15.0. The van der Waals surface area contributed by atoms with Gasteiger partial charge >= 0.3 is 6.09 Å². The molecular weight excluding hydrogens is 367 g/mol.